The summed E-state index contributed by atoms with van der Waals surface area (Å²) in [6, 6.07) is 11.8. The molecule has 0 aliphatic rings. The van der Waals surface area contributed by atoms with Gasteiger partial charge in [-0.3, -0.25) is 0 Å². The van der Waals surface area contributed by atoms with Crippen LogP contribution in [0.1, 0.15) is 21.5 Å². The molecular weight excluding hydrogens is 267 g/mol. The number of carbonyl (C=O) groups is 1. The monoisotopic (exact) mass is 278 g/mol. The van der Waals surface area contributed by atoms with Crippen LogP contribution in [0, 0.1) is 12.7 Å². The number of carbonyl (C=O) groups excluding carboxylic acids is 1. The van der Waals surface area contributed by atoms with Gasteiger partial charge in [0, 0.05) is 10.6 Å². The Morgan fingerprint density at radius 1 is 1.26 bits per heavy atom. The van der Waals surface area contributed by atoms with E-state index in [4.69, 9.17) is 16.3 Å². The third kappa shape index (κ3) is 3.32. The van der Waals surface area contributed by atoms with Gasteiger partial charge in [0.05, 0.1) is 5.56 Å². The molecule has 0 amide bonds. The van der Waals surface area contributed by atoms with Crippen LogP contribution in [0.2, 0.25) is 5.02 Å². The van der Waals surface area contributed by atoms with Gasteiger partial charge in [0.1, 0.15) is 12.4 Å². The van der Waals surface area contributed by atoms with Gasteiger partial charge in [0.25, 0.3) is 0 Å². The van der Waals surface area contributed by atoms with E-state index in [0.717, 1.165) is 11.6 Å². The maximum atomic E-state index is 13.5. The van der Waals surface area contributed by atoms with Crippen LogP contribution in [0.5, 0.6) is 0 Å². The maximum Gasteiger partial charge on any atom is 0.338 e. The van der Waals surface area contributed by atoms with Crippen LogP contribution >= 0.6 is 11.6 Å². The fourth-order valence-electron chi connectivity index (χ4n) is 1.57. The predicted octanol–water partition coefficient (Wildman–Crippen LogP) is 4.14. The van der Waals surface area contributed by atoms with Crippen LogP contribution in [-0.2, 0) is 11.3 Å². The summed E-state index contributed by atoms with van der Waals surface area (Å²) in [6.07, 6.45) is 0. The molecule has 0 atom stereocenters. The van der Waals surface area contributed by atoms with Crippen LogP contribution in [-0.4, -0.2) is 5.97 Å². The van der Waals surface area contributed by atoms with E-state index in [2.05, 4.69) is 0 Å². The number of rotatable bonds is 3. The topological polar surface area (TPSA) is 26.3 Å². The zero-order valence-electron chi connectivity index (χ0n) is 10.3. The number of hydrogen-bond donors (Lipinski definition) is 0. The lowest BCUT2D eigenvalue weighted by molar-refractivity contribution is 0.0472. The molecule has 2 rings (SSSR count). The Labute approximate surface area is 115 Å². The van der Waals surface area contributed by atoms with Gasteiger partial charge in [-0.25, -0.2) is 9.18 Å². The molecule has 98 valence electrons. The minimum Gasteiger partial charge on any atom is -0.457 e. The number of benzene rings is 2. The Kier molecular flexibility index (Phi) is 4.17. The van der Waals surface area contributed by atoms with E-state index in [9.17, 15) is 9.18 Å². The first-order valence-electron chi connectivity index (χ1n) is 5.74. The minimum absolute atomic E-state index is 0.115. The molecule has 0 bridgehead atoms. The first kappa shape index (κ1) is 13.6. The average Bonchev–Trinajstić information content (AvgIpc) is 2.42. The second-order valence-corrected chi connectivity index (χ2v) is 4.53. The molecule has 2 aromatic carbocycles. The Bertz CT molecular complexity index is 573. The number of esters is 1. The first-order chi connectivity index (χ1) is 9.08. The number of hydrogen-bond acceptors (Lipinski definition) is 2. The third-order valence-corrected chi connectivity index (χ3v) is 3.12. The average molecular weight is 279 g/mol. The predicted molar refractivity (Wildman–Crippen MR) is 71.7 cm³/mol. The SMILES string of the molecule is Cc1c(F)cc(C(=O)OCc2ccccc2)cc1Cl. The molecule has 0 aliphatic heterocycles. The van der Waals surface area contributed by atoms with Gasteiger partial charge in [-0.15, -0.1) is 0 Å². The van der Waals surface area contributed by atoms with Crippen molar-refractivity contribution in [3.63, 3.8) is 0 Å². The molecule has 0 heterocycles. The van der Waals surface area contributed by atoms with Crippen molar-refractivity contribution in [2.45, 2.75) is 13.5 Å². The van der Waals surface area contributed by atoms with E-state index in [0.29, 0.717) is 5.56 Å². The second kappa shape index (κ2) is 5.85. The molecule has 0 fully saturated rings. The smallest absolute Gasteiger partial charge is 0.338 e. The molecule has 0 unspecified atom stereocenters. The molecular formula is C15H12ClFO2. The Hall–Kier alpha value is -1.87. The first-order valence-corrected chi connectivity index (χ1v) is 6.12. The zero-order chi connectivity index (χ0) is 13.8. The van der Waals surface area contributed by atoms with Crippen LogP contribution in [0.3, 0.4) is 0 Å². The fraction of sp³-hybridized carbons (Fsp3) is 0.133. The lowest BCUT2D eigenvalue weighted by Gasteiger charge is -2.07. The largest absolute Gasteiger partial charge is 0.457 e. The highest BCUT2D eigenvalue weighted by Gasteiger charge is 2.12. The summed E-state index contributed by atoms with van der Waals surface area (Å²) in [5, 5.41) is 0.215. The Balaban J connectivity index is 2.08. The van der Waals surface area contributed by atoms with Gasteiger partial charge in [0.15, 0.2) is 0 Å². The summed E-state index contributed by atoms with van der Waals surface area (Å²) >= 11 is 5.83. The summed E-state index contributed by atoms with van der Waals surface area (Å²) in [5.41, 5.74) is 1.31. The second-order valence-electron chi connectivity index (χ2n) is 4.13. The van der Waals surface area contributed by atoms with Crippen molar-refractivity contribution >= 4 is 17.6 Å². The molecule has 4 heteroatoms. The van der Waals surface area contributed by atoms with Gasteiger partial charge < -0.3 is 4.74 Å². The zero-order valence-corrected chi connectivity index (χ0v) is 11.1. The maximum absolute atomic E-state index is 13.5. The summed E-state index contributed by atoms with van der Waals surface area (Å²) in [5.74, 6) is -1.11. The van der Waals surface area contributed by atoms with Crippen molar-refractivity contribution in [1.29, 1.82) is 0 Å². The van der Waals surface area contributed by atoms with Crippen molar-refractivity contribution < 1.29 is 13.9 Å². The van der Waals surface area contributed by atoms with Crippen molar-refractivity contribution in [3.8, 4) is 0 Å². The van der Waals surface area contributed by atoms with E-state index in [1.807, 2.05) is 30.3 Å². The molecule has 2 nitrogen and oxygen atoms in total. The number of ether oxygens (including phenoxy) is 1. The summed E-state index contributed by atoms with van der Waals surface area (Å²) in [6.45, 7) is 1.70. The standard InChI is InChI=1S/C15H12ClFO2/c1-10-13(16)7-12(8-14(10)17)15(18)19-9-11-5-3-2-4-6-11/h2-8H,9H2,1H3. The van der Waals surface area contributed by atoms with Gasteiger partial charge in [0.2, 0.25) is 0 Å². The summed E-state index contributed by atoms with van der Waals surface area (Å²) in [7, 11) is 0. The molecule has 0 saturated heterocycles. The summed E-state index contributed by atoms with van der Waals surface area (Å²) in [4.78, 5) is 11.8. The molecule has 2 aromatic rings. The molecule has 0 aliphatic carbocycles. The van der Waals surface area contributed by atoms with Gasteiger partial charge >= 0.3 is 5.97 Å². The van der Waals surface area contributed by atoms with E-state index >= 15 is 0 Å². The third-order valence-electron chi connectivity index (χ3n) is 2.73. The normalized spacial score (nSPS) is 10.3. The van der Waals surface area contributed by atoms with E-state index in [1.54, 1.807) is 6.92 Å². The highest BCUT2D eigenvalue weighted by atomic mass is 35.5. The molecule has 0 spiro atoms. The highest BCUT2D eigenvalue weighted by molar-refractivity contribution is 6.31. The van der Waals surface area contributed by atoms with E-state index < -0.39 is 11.8 Å². The van der Waals surface area contributed by atoms with Crippen molar-refractivity contribution in [3.05, 3.63) is 70.0 Å². The Morgan fingerprint density at radius 2 is 1.95 bits per heavy atom. The lowest BCUT2D eigenvalue weighted by atomic mass is 10.1. The van der Waals surface area contributed by atoms with Crippen molar-refractivity contribution in [2.24, 2.45) is 0 Å². The van der Waals surface area contributed by atoms with Gasteiger partial charge in [-0.1, -0.05) is 41.9 Å². The van der Waals surface area contributed by atoms with Gasteiger partial charge in [-0.05, 0) is 24.6 Å². The van der Waals surface area contributed by atoms with Crippen molar-refractivity contribution in [2.75, 3.05) is 0 Å². The van der Waals surface area contributed by atoms with E-state index in [-0.39, 0.29) is 17.2 Å². The summed E-state index contributed by atoms with van der Waals surface area (Å²) < 4.78 is 18.6. The molecule has 19 heavy (non-hydrogen) atoms. The molecule has 0 radical (unpaired) electrons. The van der Waals surface area contributed by atoms with Crippen LogP contribution in [0.4, 0.5) is 4.39 Å². The minimum atomic E-state index is -0.593. The number of halogens is 2. The van der Waals surface area contributed by atoms with Crippen LogP contribution in [0.15, 0.2) is 42.5 Å². The van der Waals surface area contributed by atoms with Gasteiger partial charge in [-0.2, -0.15) is 0 Å². The highest BCUT2D eigenvalue weighted by Crippen LogP contribution is 2.21. The lowest BCUT2D eigenvalue weighted by Crippen LogP contribution is -2.06. The van der Waals surface area contributed by atoms with Crippen molar-refractivity contribution in [1.82, 2.24) is 0 Å². The van der Waals surface area contributed by atoms with Crippen LogP contribution < -0.4 is 0 Å². The Morgan fingerprint density at radius 3 is 2.58 bits per heavy atom. The quantitative estimate of drug-likeness (QED) is 0.789. The molecule has 0 N–H and O–H groups in total. The fourth-order valence-corrected chi connectivity index (χ4v) is 1.78. The van der Waals surface area contributed by atoms with E-state index in [1.165, 1.54) is 6.07 Å². The van der Waals surface area contributed by atoms with Crippen LogP contribution in [0.25, 0.3) is 0 Å². The molecule has 0 aromatic heterocycles. The molecule has 0 saturated carbocycles.